The summed E-state index contributed by atoms with van der Waals surface area (Å²) in [6.07, 6.45) is 0.779. The normalized spacial score (nSPS) is 10.2. The van der Waals surface area contributed by atoms with E-state index in [0.29, 0.717) is 12.2 Å². The molecule has 0 fully saturated rings. The van der Waals surface area contributed by atoms with E-state index in [1.807, 2.05) is 30.3 Å². The zero-order chi connectivity index (χ0) is 12.1. The van der Waals surface area contributed by atoms with Gasteiger partial charge in [0, 0.05) is 12.2 Å². The molecule has 0 spiro atoms. The number of para-hydroxylation sites is 2. The van der Waals surface area contributed by atoms with Crippen LogP contribution in [0.15, 0.2) is 48.5 Å². The SMILES string of the molecule is Nc1ccccc1CCNc1ccccc1F. The van der Waals surface area contributed by atoms with Crippen molar-refractivity contribution in [2.24, 2.45) is 0 Å². The predicted molar refractivity (Wildman–Crippen MR) is 69.4 cm³/mol. The van der Waals surface area contributed by atoms with Crippen LogP contribution in [0.3, 0.4) is 0 Å². The van der Waals surface area contributed by atoms with Gasteiger partial charge >= 0.3 is 0 Å². The van der Waals surface area contributed by atoms with E-state index in [-0.39, 0.29) is 5.82 Å². The summed E-state index contributed by atoms with van der Waals surface area (Å²) < 4.78 is 13.3. The molecule has 0 aromatic heterocycles. The van der Waals surface area contributed by atoms with Crippen LogP contribution in [0.1, 0.15) is 5.56 Å². The number of hydrogen-bond acceptors (Lipinski definition) is 2. The first-order chi connectivity index (χ1) is 8.27. The first-order valence-electron chi connectivity index (χ1n) is 5.59. The molecule has 0 saturated heterocycles. The fourth-order valence-corrected chi connectivity index (χ4v) is 1.70. The van der Waals surface area contributed by atoms with Crippen LogP contribution in [0.25, 0.3) is 0 Å². The summed E-state index contributed by atoms with van der Waals surface area (Å²) in [5.74, 6) is -0.228. The number of nitrogens with two attached hydrogens (primary N) is 1. The van der Waals surface area contributed by atoms with Crippen molar-refractivity contribution in [2.75, 3.05) is 17.6 Å². The van der Waals surface area contributed by atoms with Gasteiger partial charge in [-0.15, -0.1) is 0 Å². The lowest BCUT2D eigenvalue weighted by Crippen LogP contribution is -2.07. The third-order valence-corrected chi connectivity index (χ3v) is 2.64. The quantitative estimate of drug-likeness (QED) is 0.792. The third kappa shape index (κ3) is 2.97. The Kier molecular flexibility index (Phi) is 3.60. The standard InChI is InChI=1S/C14H15FN2/c15-12-6-2-4-8-14(12)17-10-9-11-5-1-3-7-13(11)16/h1-8,17H,9-10,16H2. The monoisotopic (exact) mass is 230 g/mol. The van der Waals surface area contributed by atoms with Gasteiger partial charge in [-0.2, -0.15) is 0 Å². The zero-order valence-electron chi connectivity index (χ0n) is 9.49. The highest BCUT2D eigenvalue weighted by Gasteiger charge is 2.00. The number of nitrogens with one attached hydrogen (secondary N) is 1. The van der Waals surface area contributed by atoms with E-state index < -0.39 is 0 Å². The minimum Gasteiger partial charge on any atom is -0.399 e. The summed E-state index contributed by atoms with van der Waals surface area (Å²) >= 11 is 0. The molecule has 0 aliphatic carbocycles. The van der Waals surface area contributed by atoms with E-state index in [1.54, 1.807) is 12.1 Å². The second-order valence-corrected chi connectivity index (χ2v) is 3.86. The Hall–Kier alpha value is -2.03. The Labute approximate surface area is 100 Å². The Morgan fingerprint density at radius 2 is 1.71 bits per heavy atom. The maximum absolute atomic E-state index is 13.3. The highest BCUT2D eigenvalue weighted by molar-refractivity contribution is 5.48. The van der Waals surface area contributed by atoms with Gasteiger partial charge in [-0.05, 0) is 30.2 Å². The van der Waals surface area contributed by atoms with Crippen LogP contribution in [-0.2, 0) is 6.42 Å². The largest absolute Gasteiger partial charge is 0.399 e. The van der Waals surface area contributed by atoms with Gasteiger partial charge in [0.1, 0.15) is 5.82 Å². The molecule has 88 valence electrons. The molecule has 3 N–H and O–H groups in total. The Morgan fingerprint density at radius 1 is 1.00 bits per heavy atom. The van der Waals surface area contributed by atoms with Crippen molar-refractivity contribution < 1.29 is 4.39 Å². The summed E-state index contributed by atoms with van der Waals surface area (Å²) in [7, 11) is 0. The van der Waals surface area contributed by atoms with Crippen molar-refractivity contribution in [2.45, 2.75) is 6.42 Å². The fourth-order valence-electron chi connectivity index (χ4n) is 1.70. The molecule has 17 heavy (non-hydrogen) atoms. The van der Waals surface area contributed by atoms with E-state index in [0.717, 1.165) is 17.7 Å². The van der Waals surface area contributed by atoms with Gasteiger partial charge < -0.3 is 11.1 Å². The number of rotatable bonds is 4. The second kappa shape index (κ2) is 5.34. The van der Waals surface area contributed by atoms with Crippen molar-refractivity contribution >= 4 is 11.4 Å². The maximum atomic E-state index is 13.3. The molecule has 0 aliphatic heterocycles. The molecule has 0 saturated carbocycles. The average Bonchev–Trinajstić information content (AvgIpc) is 2.34. The van der Waals surface area contributed by atoms with Crippen molar-refractivity contribution in [1.82, 2.24) is 0 Å². The van der Waals surface area contributed by atoms with Gasteiger partial charge in [-0.1, -0.05) is 30.3 Å². The topological polar surface area (TPSA) is 38.0 Å². The molecule has 2 aromatic rings. The van der Waals surface area contributed by atoms with Crippen LogP contribution in [0.5, 0.6) is 0 Å². The smallest absolute Gasteiger partial charge is 0.146 e. The second-order valence-electron chi connectivity index (χ2n) is 3.86. The van der Waals surface area contributed by atoms with E-state index in [4.69, 9.17) is 5.73 Å². The summed E-state index contributed by atoms with van der Waals surface area (Å²) in [5, 5.41) is 3.06. The summed E-state index contributed by atoms with van der Waals surface area (Å²) in [5.41, 5.74) is 8.22. The number of hydrogen-bond donors (Lipinski definition) is 2. The van der Waals surface area contributed by atoms with E-state index in [1.165, 1.54) is 6.07 Å². The van der Waals surface area contributed by atoms with Crippen molar-refractivity contribution in [3.05, 3.63) is 59.9 Å². The lowest BCUT2D eigenvalue weighted by Gasteiger charge is -2.08. The van der Waals surface area contributed by atoms with E-state index >= 15 is 0 Å². The number of benzene rings is 2. The van der Waals surface area contributed by atoms with Crippen LogP contribution in [0.4, 0.5) is 15.8 Å². The third-order valence-electron chi connectivity index (χ3n) is 2.64. The molecular weight excluding hydrogens is 215 g/mol. The number of nitrogen functional groups attached to an aromatic ring is 1. The first-order valence-corrected chi connectivity index (χ1v) is 5.59. The van der Waals surface area contributed by atoms with Crippen LogP contribution in [0, 0.1) is 5.82 Å². The minimum absolute atomic E-state index is 0.228. The van der Waals surface area contributed by atoms with Crippen LogP contribution >= 0.6 is 0 Å². The zero-order valence-corrected chi connectivity index (χ0v) is 9.49. The molecule has 0 amide bonds. The van der Waals surface area contributed by atoms with Crippen molar-refractivity contribution in [3.8, 4) is 0 Å². The molecular formula is C14H15FN2. The first kappa shape index (κ1) is 11.5. The number of halogens is 1. The van der Waals surface area contributed by atoms with Crippen LogP contribution in [-0.4, -0.2) is 6.54 Å². The average molecular weight is 230 g/mol. The Bertz CT molecular complexity index is 452. The molecule has 0 heterocycles. The van der Waals surface area contributed by atoms with Crippen LogP contribution in [0.2, 0.25) is 0 Å². The highest BCUT2D eigenvalue weighted by Crippen LogP contribution is 2.14. The van der Waals surface area contributed by atoms with Crippen molar-refractivity contribution in [3.63, 3.8) is 0 Å². The van der Waals surface area contributed by atoms with Gasteiger partial charge in [0.25, 0.3) is 0 Å². The van der Waals surface area contributed by atoms with Gasteiger partial charge in [0.15, 0.2) is 0 Å². The molecule has 2 rings (SSSR count). The summed E-state index contributed by atoms with van der Waals surface area (Å²) in [6, 6.07) is 14.4. The van der Waals surface area contributed by atoms with Gasteiger partial charge in [0.2, 0.25) is 0 Å². The van der Waals surface area contributed by atoms with E-state index in [2.05, 4.69) is 5.32 Å². The van der Waals surface area contributed by atoms with Crippen LogP contribution < -0.4 is 11.1 Å². The summed E-state index contributed by atoms with van der Waals surface area (Å²) in [4.78, 5) is 0. The van der Waals surface area contributed by atoms with Gasteiger partial charge in [-0.25, -0.2) is 4.39 Å². The Morgan fingerprint density at radius 3 is 2.47 bits per heavy atom. The minimum atomic E-state index is -0.228. The summed E-state index contributed by atoms with van der Waals surface area (Å²) in [6.45, 7) is 0.662. The molecule has 0 atom stereocenters. The lowest BCUT2D eigenvalue weighted by atomic mass is 10.1. The lowest BCUT2D eigenvalue weighted by molar-refractivity contribution is 0.630. The molecule has 0 unspecified atom stereocenters. The molecule has 0 radical (unpaired) electrons. The molecule has 0 aliphatic rings. The van der Waals surface area contributed by atoms with Gasteiger partial charge in [0.05, 0.1) is 5.69 Å². The van der Waals surface area contributed by atoms with Crippen molar-refractivity contribution in [1.29, 1.82) is 0 Å². The maximum Gasteiger partial charge on any atom is 0.146 e. The molecule has 2 aromatic carbocycles. The van der Waals surface area contributed by atoms with E-state index in [9.17, 15) is 4.39 Å². The van der Waals surface area contributed by atoms with Gasteiger partial charge in [-0.3, -0.25) is 0 Å². The fraction of sp³-hybridized carbons (Fsp3) is 0.143. The Balaban J connectivity index is 1.93. The molecule has 0 bridgehead atoms. The number of anilines is 2. The highest BCUT2D eigenvalue weighted by atomic mass is 19.1. The molecule has 2 nitrogen and oxygen atoms in total. The predicted octanol–water partition coefficient (Wildman–Crippen LogP) is 3.06. The molecule has 3 heteroatoms.